The maximum Gasteiger partial charge on any atom is 0.417 e. The molecule has 1 saturated heterocycles. The van der Waals surface area contributed by atoms with Crippen molar-refractivity contribution in [3.63, 3.8) is 0 Å². The zero-order valence-corrected chi connectivity index (χ0v) is 14.6. The van der Waals surface area contributed by atoms with Crippen molar-refractivity contribution in [2.45, 2.75) is 31.7 Å². The van der Waals surface area contributed by atoms with Crippen LogP contribution in [-0.4, -0.2) is 58.8 Å². The number of carboxylic acids is 1. The van der Waals surface area contributed by atoms with Crippen molar-refractivity contribution in [1.29, 1.82) is 0 Å². The van der Waals surface area contributed by atoms with Crippen LogP contribution < -0.4 is 4.90 Å². The Balaban J connectivity index is 2.11. The highest BCUT2D eigenvalue weighted by Crippen LogP contribution is 2.37. The van der Waals surface area contributed by atoms with Crippen molar-refractivity contribution in [3.8, 4) is 0 Å². The number of carbonyl (C=O) groups is 2. The first-order valence-corrected chi connectivity index (χ1v) is 8.20. The van der Waals surface area contributed by atoms with Gasteiger partial charge in [-0.2, -0.15) is 13.2 Å². The largest absolute Gasteiger partial charge is 0.481 e. The third-order valence-electron chi connectivity index (χ3n) is 4.18. The summed E-state index contributed by atoms with van der Waals surface area (Å²) >= 11 is 5.73. The Kier molecular flexibility index (Phi) is 6.02. The first-order valence-electron chi connectivity index (χ1n) is 7.82. The predicted octanol–water partition coefficient (Wildman–Crippen LogP) is 2.23. The first-order chi connectivity index (χ1) is 12.0. The van der Waals surface area contributed by atoms with Crippen LogP contribution in [-0.2, 0) is 15.8 Å². The molecule has 1 fully saturated rings. The third kappa shape index (κ3) is 4.59. The molecule has 1 aromatic rings. The number of benzene rings is 1. The predicted molar refractivity (Wildman–Crippen MR) is 88.1 cm³/mol. The lowest BCUT2D eigenvalue weighted by molar-refractivity contribution is -0.142. The average Bonchev–Trinajstić information content (AvgIpc) is 2.50. The second kappa shape index (κ2) is 7.71. The molecule has 1 amide bonds. The molecule has 0 spiro atoms. The lowest BCUT2D eigenvalue weighted by Crippen LogP contribution is -2.57. The van der Waals surface area contributed by atoms with Gasteiger partial charge in [0.2, 0.25) is 5.91 Å². The van der Waals surface area contributed by atoms with Crippen LogP contribution in [0.1, 0.15) is 18.9 Å². The van der Waals surface area contributed by atoms with E-state index < -0.39 is 41.3 Å². The summed E-state index contributed by atoms with van der Waals surface area (Å²) in [5, 5.41) is 17.9. The zero-order valence-electron chi connectivity index (χ0n) is 13.8. The standard InChI is InChI=1S/C16H18ClF3N2O4/c1-9-15(26)21(8-11(23)7-14(24)25)4-5-22(9)10-2-3-12(13(17)6-10)16(18,19)20/h2-3,6,9,11,23H,4-5,7-8H2,1H3,(H,24,25)/t9-,11?/m0/s1. The molecule has 0 bridgehead atoms. The molecule has 144 valence electrons. The number of hydrogen-bond donors (Lipinski definition) is 2. The van der Waals surface area contributed by atoms with Crippen LogP contribution >= 0.6 is 11.6 Å². The SMILES string of the molecule is C[C@H]1C(=O)N(CC(O)CC(=O)O)CCN1c1ccc(C(F)(F)F)c(Cl)c1. The summed E-state index contributed by atoms with van der Waals surface area (Å²) in [6.07, 6.45) is -6.22. The maximum absolute atomic E-state index is 12.8. The fourth-order valence-corrected chi connectivity index (χ4v) is 3.18. The minimum atomic E-state index is -4.56. The molecule has 0 aliphatic carbocycles. The molecule has 1 heterocycles. The Bertz CT molecular complexity index is 699. The molecule has 1 aliphatic rings. The van der Waals surface area contributed by atoms with E-state index in [2.05, 4.69) is 0 Å². The number of β-amino-alcohol motifs (C(OH)–C–C–N with tert-alkyl or cyclic N) is 1. The molecule has 1 aromatic carbocycles. The number of anilines is 1. The highest BCUT2D eigenvalue weighted by molar-refractivity contribution is 6.31. The number of hydrogen-bond acceptors (Lipinski definition) is 4. The topological polar surface area (TPSA) is 81.1 Å². The number of rotatable bonds is 5. The van der Waals surface area contributed by atoms with Crippen LogP contribution in [0.3, 0.4) is 0 Å². The summed E-state index contributed by atoms with van der Waals surface area (Å²) in [5.74, 6) is -1.52. The summed E-state index contributed by atoms with van der Waals surface area (Å²) < 4.78 is 38.4. The van der Waals surface area contributed by atoms with Crippen LogP contribution in [0.4, 0.5) is 18.9 Å². The summed E-state index contributed by atoms with van der Waals surface area (Å²) in [4.78, 5) is 26.0. The van der Waals surface area contributed by atoms with Crippen molar-refractivity contribution < 1.29 is 33.0 Å². The number of aliphatic hydroxyl groups is 1. The second-order valence-corrected chi connectivity index (χ2v) is 6.47. The Hall–Kier alpha value is -2.00. The van der Waals surface area contributed by atoms with E-state index in [0.29, 0.717) is 12.2 Å². The number of nitrogens with zero attached hydrogens (tertiary/aromatic N) is 2. The fraction of sp³-hybridized carbons (Fsp3) is 0.500. The fourth-order valence-electron chi connectivity index (χ4n) is 2.90. The molecule has 26 heavy (non-hydrogen) atoms. The number of aliphatic carboxylic acids is 1. The normalized spacial score (nSPS) is 19.6. The number of carboxylic acid groups (broad SMARTS) is 1. The number of alkyl halides is 3. The highest BCUT2D eigenvalue weighted by Gasteiger charge is 2.35. The molecule has 0 aromatic heterocycles. The number of carbonyl (C=O) groups excluding carboxylic acids is 1. The zero-order chi connectivity index (χ0) is 19.6. The van der Waals surface area contributed by atoms with Crippen molar-refractivity contribution >= 4 is 29.2 Å². The molecule has 2 atom stereocenters. The monoisotopic (exact) mass is 394 g/mol. The van der Waals surface area contributed by atoms with Gasteiger partial charge in [0.1, 0.15) is 6.04 Å². The van der Waals surface area contributed by atoms with Gasteiger partial charge in [-0.3, -0.25) is 9.59 Å². The summed E-state index contributed by atoms with van der Waals surface area (Å²) in [6.45, 7) is 1.99. The number of piperazine rings is 1. The van der Waals surface area contributed by atoms with Crippen LogP contribution in [0.25, 0.3) is 0 Å². The van der Waals surface area contributed by atoms with E-state index in [4.69, 9.17) is 16.7 Å². The third-order valence-corrected chi connectivity index (χ3v) is 4.49. The molecule has 0 saturated carbocycles. The number of amides is 1. The number of aliphatic hydroxyl groups excluding tert-OH is 1. The Labute approximate surface area is 152 Å². The summed E-state index contributed by atoms with van der Waals surface area (Å²) in [5.41, 5.74) is -0.563. The number of halogens is 4. The summed E-state index contributed by atoms with van der Waals surface area (Å²) in [6, 6.07) is 2.61. The van der Waals surface area contributed by atoms with Crippen molar-refractivity contribution in [2.75, 3.05) is 24.5 Å². The van der Waals surface area contributed by atoms with Crippen molar-refractivity contribution in [1.82, 2.24) is 4.90 Å². The minimum absolute atomic E-state index is 0.114. The van der Waals surface area contributed by atoms with Crippen LogP contribution in [0.15, 0.2) is 18.2 Å². The molecule has 0 radical (unpaired) electrons. The smallest absolute Gasteiger partial charge is 0.417 e. The molecule has 2 rings (SSSR count). The van der Waals surface area contributed by atoms with Crippen LogP contribution in [0.5, 0.6) is 0 Å². The van der Waals surface area contributed by atoms with Crippen LogP contribution in [0.2, 0.25) is 5.02 Å². The van der Waals surface area contributed by atoms with Gasteiger partial charge in [0.15, 0.2) is 0 Å². The van der Waals surface area contributed by atoms with Gasteiger partial charge in [-0.1, -0.05) is 11.6 Å². The highest BCUT2D eigenvalue weighted by atomic mass is 35.5. The van der Waals surface area contributed by atoms with Gasteiger partial charge < -0.3 is 20.0 Å². The molecule has 1 aliphatic heterocycles. The van der Waals surface area contributed by atoms with E-state index in [1.807, 2.05) is 0 Å². The van der Waals surface area contributed by atoms with Crippen molar-refractivity contribution in [2.24, 2.45) is 0 Å². The van der Waals surface area contributed by atoms with E-state index in [0.717, 1.165) is 6.07 Å². The van der Waals surface area contributed by atoms with Gasteiger partial charge in [-0.15, -0.1) is 0 Å². The molecular weight excluding hydrogens is 377 g/mol. The van der Waals surface area contributed by atoms with E-state index in [1.54, 1.807) is 11.8 Å². The summed E-state index contributed by atoms with van der Waals surface area (Å²) in [7, 11) is 0. The Morgan fingerprint density at radius 3 is 2.58 bits per heavy atom. The lowest BCUT2D eigenvalue weighted by atomic mass is 10.1. The Morgan fingerprint density at radius 2 is 2.04 bits per heavy atom. The molecule has 6 nitrogen and oxygen atoms in total. The minimum Gasteiger partial charge on any atom is -0.481 e. The lowest BCUT2D eigenvalue weighted by Gasteiger charge is -2.41. The van der Waals surface area contributed by atoms with Gasteiger partial charge in [0, 0.05) is 25.3 Å². The van der Waals surface area contributed by atoms with Crippen LogP contribution in [0, 0.1) is 0 Å². The first kappa shape index (κ1) is 20.3. The van der Waals surface area contributed by atoms with E-state index in [-0.39, 0.29) is 19.0 Å². The van der Waals surface area contributed by atoms with Gasteiger partial charge in [0.25, 0.3) is 0 Å². The quantitative estimate of drug-likeness (QED) is 0.800. The molecule has 10 heteroatoms. The average molecular weight is 395 g/mol. The maximum atomic E-state index is 12.8. The van der Waals surface area contributed by atoms with Crippen molar-refractivity contribution in [3.05, 3.63) is 28.8 Å². The molecule has 1 unspecified atom stereocenters. The second-order valence-electron chi connectivity index (χ2n) is 6.07. The van der Waals surface area contributed by atoms with E-state index in [1.165, 1.54) is 17.0 Å². The van der Waals surface area contributed by atoms with Gasteiger partial charge in [0.05, 0.1) is 23.1 Å². The van der Waals surface area contributed by atoms with Gasteiger partial charge in [-0.05, 0) is 25.1 Å². The molecule has 2 N–H and O–H groups in total. The Morgan fingerprint density at radius 1 is 1.38 bits per heavy atom. The van der Waals surface area contributed by atoms with E-state index >= 15 is 0 Å². The van der Waals surface area contributed by atoms with E-state index in [9.17, 15) is 27.9 Å². The molecular formula is C16H18ClF3N2O4. The van der Waals surface area contributed by atoms with Gasteiger partial charge >= 0.3 is 12.1 Å². The van der Waals surface area contributed by atoms with Gasteiger partial charge in [-0.25, -0.2) is 0 Å².